The molecule has 4 aromatic rings. The number of rotatable bonds is 5. The van der Waals surface area contributed by atoms with E-state index in [0.717, 1.165) is 17.1 Å². The molecule has 0 aliphatic carbocycles. The molecule has 0 bridgehead atoms. The summed E-state index contributed by atoms with van der Waals surface area (Å²) in [5, 5.41) is 5.65. The molecule has 0 unspecified atom stereocenters. The van der Waals surface area contributed by atoms with Crippen LogP contribution in [0.1, 0.15) is 11.4 Å². The van der Waals surface area contributed by atoms with Gasteiger partial charge in [0.25, 0.3) is 0 Å². The summed E-state index contributed by atoms with van der Waals surface area (Å²) in [7, 11) is 0. The third-order valence-corrected chi connectivity index (χ3v) is 4.40. The number of hydrogen-bond donors (Lipinski definition) is 2. The van der Waals surface area contributed by atoms with Crippen LogP contribution in [0.3, 0.4) is 0 Å². The maximum absolute atomic E-state index is 12.2. The Morgan fingerprint density at radius 1 is 0.900 bits per heavy atom. The van der Waals surface area contributed by atoms with Gasteiger partial charge in [-0.1, -0.05) is 18.2 Å². The molecule has 0 spiro atoms. The van der Waals surface area contributed by atoms with Crippen LogP contribution in [0.15, 0.2) is 79.1 Å². The fourth-order valence-electron chi connectivity index (χ4n) is 2.92. The average molecular weight is 399 g/mol. The Balaban J connectivity index is 1.42. The normalized spacial score (nSPS) is 10.5. The van der Waals surface area contributed by atoms with Crippen LogP contribution in [0, 0.1) is 13.8 Å². The van der Waals surface area contributed by atoms with Crippen molar-refractivity contribution >= 4 is 17.4 Å². The summed E-state index contributed by atoms with van der Waals surface area (Å²) in [5.74, 6) is 2.40. The molecule has 0 atom stereocenters. The number of urea groups is 1. The number of anilines is 2. The van der Waals surface area contributed by atoms with Crippen LogP contribution in [0.5, 0.6) is 11.6 Å². The van der Waals surface area contributed by atoms with E-state index in [0.29, 0.717) is 23.1 Å². The van der Waals surface area contributed by atoms with E-state index in [9.17, 15) is 4.79 Å². The molecule has 30 heavy (non-hydrogen) atoms. The molecule has 2 N–H and O–H groups in total. The first kappa shape index (κ1) is 19.2. The number of carbonyl (C=O) groups excluding carboxylic acids is 1. The standard InChI is InChI=1S/C23H21N5O2/c1-16-7-3-4-8-20(16)27-23(29)26-18-9-11-19(12-10-18)30-22-15-21(24-17(2)25-22)28-13-5-6-14-28/h3-15H,1-2H3,(H2,26,27,29). The molecule has 7 nitrogen and oxygen atoms in total. The summed E-state index contributed by atoms with van der Waals surface area (Å²) in [6.45, 7) is 3.76. The zero-order valence-corrected chi connectivity index (χ0v) is 16.7. The van der Waals surface area contributed by atoms with Crippen molar-refractivity contribution < 1.29 is 9.53 Å². The second-order valence-electron chi connectivity index (χ2n) is 6.72. The quantitative estimate of drug-likeness (QED) is 0.476. The van der Waals surface area contributed by atoms with Crippen molar-refractivity contribution in [2.24, 2.45) is 0 Å². The van der Waals surface area contributed by atoms with Gasteiger partial charge in [0, 0.05) is 29.8 Å². The van der Waals surface area contributed by atoms with E-state index in [1.807, 2.05) is 67.2 Å². The molecule has 0 fully saturated rings. The van der Waals surface area contributed by atoms with Crippen LogP contribution in [0.2, 0.25) is 0 Å². The molecule has 0 aliphatic heterocycles. The van der Waals surface area contributed by atoms with E-state index in [4.69, 9.17) is 4.74 Å². The number of nitrogens with one attached hydrogen (secondary N) is 2. The predicted octanol–water partition coefficient (Wildman–Crippen LogP) is 5.32. The van der Waals surface area contributed by atoms with E-state index in [1.165, 1.54) is 0 Å². The maximum Gasteiger partial charge on any atom is 0.323 e. The van der Waals surface area contributed by atoms with Gasteiger partial charge in [-0.3, -0.25) is 0 Å². The van der Waals surface area contributed by atoms with Crippen molar-refractivity contribution in [3.63, 3.8) is 0 Å². The van der Waals surface area contributed by atoms with Crippen molar-refractivity contribution in [1.29, 1.82) is 0 Å². The van der Waals surface area contributed by atoms with Crippen LogP contribution in [0.25, 0.3) is 5.82 Å². The fourth-order valence-corrected chi connectivity index (χ4v) is 2.92. The molecule has 2 heterocycles. The lowest BCUT2D eigenvalue weighted by Crippen LogP contribution is -2.19. The molecule has 150 valence electrons. The van der Waals surface area contributed by atoms with Crippen LogP contribution in [-0.2, 0) is 0 Å². The minimum atomic E-state index is -0.305. The number of ether oxygens (including phenoxy) is 1. The van der Waals surface area contributed by atoms with Gasteiger partial charge >= 0.3 is 6.03 Å². The Kier molecular flexibility index (Phi) is 5.43. The number of aryl methyl sites for hydroxylation is 2. The summed E-state index contributed by atoms with van der Waals surface area (Å²) >= 11 is 0. The van der Waals surface area contributed by atoms with Crippen molar-refractivity contribution in [2.75, 3.05) is 10.6 Å². The molecule has 0 saturated carbocycles. The number of aromatic nitrogens is 3. The number of para-hydroxylation sites is 1. The highest BCUT2D eigenvalue weighted by atomic mass is 16.5. The number of nitrogens with zero attached hydrogens (tertiary/aromatic N) is 3. The van der Waals surface area contributed by atoms with Gasteiger partial charge in [-0.25, -0.2) is 9.78 Å². The summed E-state index contributed by atoms with van der Waals surface area (Å²) in [4.78, 5) is 21.0. The molecular weight excluding hydrogens is 378 g/mol. The average Bonchev–Trinajstić information content (AvgIpc) is 3.26. The van der Waals surface area contributed by atoms with Gasteiger partial charge < -0.3 is 19.9 Å². The lowest BCUT2D eigenvalue weighted by molar-refractivity contribution is 0.262. The summed E-state index contributed by atoms with van der Waals surface area (Å²) < 4.78 is 7.77. The molecule has 0 aliphatic rings. The fraction of sp³-hybridized carbons (Fsp3) is 0.0870. The number of benzene rings is 2. The second-order valence-corrected chi connectivity index (χ2v) is 6.72. The molecular formula is C23H21N5O2. The van der Waals surface area contributed by atoms with E-state index in [2.05, 4.69) is 20.6 Å². The first-order chi connectivity index (χ1) is 14.6. The number of carbonyl (C=O) groups is 1. The first-order valence-corrected chi connectivity index (χ1v) is 9.47. The summed E-state index contributed by atoms with van der Waals surface area (Å²) in [6.07, 6.45) is 3.82. The van der Waals surface area contributed by atoms with Gasteiger partial charge in [0.15, 0.2) is 0 Å². The molecule has 0 radical (unpaired) electrons. The van der Waals surface area contributed by atoms with Crippen molar-refractivity contribution in [3.8, 4) is 17.4 Å². The summed E-state index contributed by atoms with van der Waals surface area (Å²) in [5.41, 5.74) is 2.42. The van der Waals surface area contributed by atoms with Crippen molar-refractivity contribution in [1.82, 2.24) is 14.5 Å². The van der Waals surface area contributed by atoms with Gasteiger partial charge in [0.05, 0.1) is 0 Å². The van der Waals surface area contributed by atoms with Gasteiger partial charge in [0.2, 0.25) is 5.88 Å². The zero-order chi connectivity index (χ0) is 20.9. The van der Waals surface area contributed by atoms with E-state index < -0.39 is 0 Å². The molecule has 2 amide bonds. The molecule has 2 aromatic carbocycles. The largest absolute Gasteiger partial charge is 0.439 e. The summed E-state index contributed by atoms with van der Waals surface area (Å²) in [6, 6.07) is 20.0. The predicted molar refractivity (Wildman–Crippen MR) is 116 cm³/mol. The van der Waals surface area contributed by atoms with E-state index >= 15 is 0 Å². The Hall–Kier alpha value is -4.13. The highest BCUT2D eigenvalue weighted by Gasteiger charge is 2.07. The lowest BCUT2D eigenvalue weighted by atomic mass is 10.2. The monoisotopic (exact) mass is 399 g/mol. The Labute approximate surface area is 174 Å². The van der Waals surface area contributed by atoms with Crippen LogP contribution in [0.4, 0.5) is 16.2 Å². The molecule has 0 saturated heterocycles. The van der Waals surface area contributed by atoms with E-state index in [-0.39, 0.29) is 6.03 Å². The second kappa shape index (κ2) is 8.48. The van der Waals surface area contributed by atoms with Crippen LogP contribution in [-0.4, -0.2) is 20.6 Å². The van der Waals surface area contributed by atoms with Crippen molar-refractivity contribution in [3.05, 3.63) is 90.5 Å². The van der Waals surface area contributed by atoms with Crippen molar-refractivity contribution in [2.45, 2.75) is 13.8 Å². The molecule has 7 heteroatoms. The third-order valence-electron chi connectivity index (χ3n) is 4.40. The first-order valence-electron chi connectivity index (χ1n) is 9.47. The minimum absolute atomic E-state index is 0.305. The Morgan fingerprint density at radius 3 is 2.37 bits per heavy atom. The van der Waals surface area contributed by atoms with Gasteiger partial charge in [0.1, 0.15) is 17.4 Å². The minimum Gasteiger partial charge on any atom is -0.439 e. The topological polar surface area (TPSA) is 81.1 Å². The highest BCUT2D eigenvalue weighted by Crippen LogP contribution is 2.23. The lowest BCUT2D eigenvalue weighted by Gasteiger charge is -2.11. The van der Waals surface area contributed by atoms with Gasteiger partial charge in [-0.15, -0.1) is 0 Å². The maximum atomic E-state index is 12.2. The third kappa shape index (κ3) is 4.64. The zero-order valence-electron chi connectivity index (χ0n) is 16.7. The van der Waals surface area contributed by atoms with Crippen LogP contribution >= 0.6 is 0 Å². The molecule has 4 rings (SSSR count). The SMILES string of the molecule is Cc1nc(Oc2ccc(NC(=O)Nc3ccccc3C)cc2)cc(-n2cccc2)n1. The smallest absolute Gasteiger partial charge is 0.323 e. The molecule has 2 aromatic heterocycles. The van der Waals surface area contributed by atoms with Gasteiger partial charge in [-0.05, 0) is 61.9 Å². The highest BCUT2D eigenvalue weighted by molar-refractivity contribution is 6.00. The van der Waals surface area contributed by atoms with E-state index in [1.54, 1.807) is 30.3 Å². The van der Waals surface area contributed by atoms with Crippen LogP contribution < -0.4 is 15.4 Å². The number of hydrogen-bond acceptors (Lipinski definition) is 4. The number of amides is 2. The Bertz CT molecular complexity index is 1150. The Morgan fingerprint density at radius 2 is 1.63 bits per heavy atom. The van der Waals surface area contributed by atoms with Gasteiger partial charge in [-0.2, -0.15) is 4.98 Å².